The molecule has 0 saturated carbocycles. The number of nitrogens with zero attached hydrogens (tertiary/aromatic N) is 2. The fourth-order valence-electron chi connectivity index (χ4n) is 3.81. The van der Waals surface area contributed by atoms with Gasteiger partial charge in [-0.2, -0.15) is 0 Å². The number of likely N-dealkylation sites (N-methyl/N-ethyl adjacent to an activating group) is 1. The van der Waals surface area contributed by atoms with E-state index >= 15 is 0 Å². The number of aryl methyl sites for hydroxylation is 1. The maximum Gasteiger partial charge on any atom is 0.240 e. The van der Waals surface area contributed by atoms with Crippen LogP contribution in [-0.4, -0.2) is 63.5 Å². The van der Waals surface area contributed by atoms with Gasteiger partial charge in [0.05, 0.1) is 18.0 Å². The Morgan fingerprint density at radius 1 is 1.17 bits per heavy atom. The van der Waals surface area contributed by atoms with Crippen LogP contribution in [0.5, 0.6) is 5.75 Å². The minimum absolute atomic E-state index is 0.0366. The summed E-state index contributed by atoms with van der Waals surface area (Å²) in [6.07, 6.45) is 0. The Hall–Kier alpha value is -2.42. The van der Waals surface area contributed by atoms with E-state index in [1.54, 1.807) is 24.1 Å². The third-order valence-electron chi connectivity index (χ3n) is 5.49. The summed E-state index contributed by atoms with van der Waals surface area (Å²) >= 11 is 0. The number of benzene rings is 2. The van der Waals surface area contributed by atoms with Crippen LogP contribution < -0.4 is 9.46 Å². The minimum atomic E-state index is -3.70. The highest BCUT2D eigenvalue weighted by molar-refractivity contribution is 7.89. The van der Waals surface area contributed by atoms with Gasteiger partial charge in [-0.1, -0.05) is 35.9 Å². The van der Waals surface area contributed by atoms with E-state index in [4.69, 9.17) is 4.74 Å². The van der Waals surface area contributed by atoms with Crippen LogP contribution in [-0.2, 0) is 21.4 Å². The van der Waals surface area contributed by atoms with Gasteiger partial charge in [0.1, 0.15) is 5.75 Å². The molecule has 1 aliphatic rings. The number of amides is 1. The first-order chi connectivity index (χ1) is 14.2. The summed E-state index contributed by atoms with van der Waals surface area (Å²) in [4.78, 5) is 16.5. The van der Waals surface area contributed by atoms with Gasteiger partial charge in [-0.25, -0.2) is 13.1 Å². The van der Waals surface area contributed by atoms with Gasteiger partial charge in [-0.3, -0.25) is 9.69 Å². The SMILES string of the molecule is COc1cccc(S(=O)(=O)NC[C@@H]2CN(C)C(=O)[C@H](C)N2Cc2cccc(C)c2)c1. The zero-order chi connectivity index (χ0) is 21.9. The number of hydrogen-bond donors (Lipinski definition) is 1. The van der Waals surface area contributed by atoms with Crippen molar-refractivity contribution in [2.45, 2.75) is 37.4 Å². The number of nitrogens with one attached hydrogen (secondary N) is 1. The number of carbonyl (C=O) groups excluding carboxylic acids is 1. The first-order valence-corrected chi connectivity index (χ1v) is 11.4. The highest BCUT2D eigenvalue weighted by Crippen LogP contribution is 2.21. The molecule has 30 heavy (non-hydrogen) atoms. The molecule has 2 aromatic rings. The first-order valence-electron chi connectivity index (χ1n) is 9.91. The molecule has 0 radical (unpaired) electrons. The molecule has 3 rings (SSSR count). The van der Waals surface area contributed by atoms with Crippen LogP contribution in [0, 0.1) is 6.92 Å². The Kier molecular flexibility index (Phi) is 6.80. The van der Waals surface area contributed by atoms with Crippen LogP contribution >= 0.6 is 0 Å². The molecule has 8 heteroatoms. The molecule has 0 bridgehead atoms. The number of methoxy groups -OCH3 is 1. The summed E-state index contributed by atoms with van der Waals surface area (Å²) in [6.45, 7) is 5.13. The quantitative estimate of drug-likeness (QED) is 0.726. The second-order valence-corrected chi connectivity index (χ2v) is 9.51. The fourth-order valence-corrected chi connectivity index (χ4v) is 4.92. The van der Waals surface area contributed by atoms with Gasteiger partial charge < -0.3 is 9.64 Å². The van der Waals surface area contributed by atoms with E-state index in [0.717, 1.165) is 11.1 Å². The Balaban J connectivity index is 1.79. The highest BCUT2D eigenvalue weighted by Gasteiger charge is 2.37. The molecule has 0 spiro atoms. The summed E-state index contributed by atoms with van der Waals surface area (Å²) < 4.78 is 33.5. The van der Waals surface area contributed by atoms with Crippen molar-refractivity contribution in [3.8, 4) is 5.75 Å². The fraction of sp³-hybridized carbons (Fsp3) is 0.409. The van der Waals surface area contributed by atoms with E-state index in [1.807, 2.05) is 32.0 Å². The predicted octanol–water partition coefficient (Wildman–Crippen LogP) is 2.01. The molecule has 1 N–H and O–H groups in total. The third-order valence-corrected chi connectivity index (χ3v) is 6.91. The smallest absolute Gasteiger partial charge is 0.240 e. The molecule has 1 heterocycles. The number of carbonyl (C=O) groups is 1. The normalized spacial score (nSPS) is 20.4. The van der Waals surface area contributed by atoms with E-state index in [0.29, 0.717) is 18.8 Å². The van der Waals surface area contributed by atoms with Crippen molar-refractivity contribution >= 4 is 15.9 Å². The summed E-state index contributed by atoms with van der Waals surface area (Å²) in [5.41, 5.74) is 2.25. The van der Waals surface area contributed by atoms with Crippen molar-refractivity contribution < 1.29 is 17.9 Å². The topological polar surface area (TPSA) is 79.0 Å². The van der Waals surface area contributed by atoms with Crippen LogP contribution in [0.3, 0.4) is 0 Å². The minimum Gasteiger partial charge on any atom is -0.497 e. The number of rotatable bonds is 7. The monoisotopic (exact) mass is 431 g/mol. The van der Waals surface area contributed by atoms with Gasteiger partial charge in [0.15, 0.2) is 0 Å². The third kappa shape index (κ3) is 5.00. The molecule has 1 amide bonds. The lowest BCUT2D eigenvalue weighted by Crippen LogP contribution is -2.62. The van der Waals surface area contributed by atoms with Crippen LogP contribution in [0.4, 0.5) is 0 Å². The van der Waals surface area contributed by atoms with E-state index in [2.05, 4.69) is 15.7 Å². The maximum atomic E-state index is 12.8. The van der Waals surface area contributed by atoms with Crippen LogP contribution in [0.15, 0.2) is 53.4 Å². The standard InChI is InChI=1S/C22H29N3O4S/c1-16-7-5-8-18(11-16)14-25-17(2)22(26)24(3)15-19(25)13-23-30(27,28)21-10-6-9-20(12-21)29-4/h5-12,17,19,23H,13-15H2,1-4H3/t17-,19+/m0/s1. The lowest BCUT2D eigenvalue weighted by Gasteiger charge is -2.44. The van der Waals surface area contributed by atoms with Gasteiger partial charge in [0, 0.05) is 38.8 Å². The molecule has 0 aromatic heterocycles. The Labute approximate surface area is 178 Å². The molecule has 7 nitrogen and oxygen atoms in total. The van der Waals surface area contributed by atoms with Gasteiger partial charge in [-0.05, 0) is 31.5 Å². The van der Waals surface area contributed by atoms with E-state index < -0.39 is 10.0 Å². The highest BCUT2D eigenvalue weighted by atomic mass is 32.2. The zero-order valence-electron chi connectivity index (χ0n) is 17.8. The Morgan fingerprint density at radius 3 is 2.60 bits per heavy atom. The zero-order valence-corrected chi connectivity index (χ0v) is 18.6. The second-order valence-electron chi connectivity index (χ2n) is 7.74. The van der Waals surface area contributed by atoms with Crippen molar-refractivity contribution in [1.82, 2.24) is 14.5 Å². The molecular weight excluding hydrogens is 402 g/mol. The number of piperazine rings is 1. The molecule has 2 aromatic carbocycles. The van der Waals surface area contributed by atoms with Crippen molar-refractivity contribution in [3.63, 3.8) is 0 Å². The van der Waals surface area contributed by atoms with Crippen molar-refractivity contribution in [1.29, 1.82) is 0 Å². The molecule has 2 atom stereocenters. The molecule has 0 unspecified atom stereocenters. The molecule has 1 saturated heterocycles. The van der Waals surface area contributed by atoms with Gasteiger partial charge >= 0.3 is 0 Å². The lowest BCUT2D eigenvalue weighted by atomic mass is 10.0. The molecule has 1 fully saturated rings. The van der Waals surface area contributed by atoms with Crippen molar-refractivity contribution in [3.05, 3.63) is 59.7 Å². The van der Waals surface area contributed by atoms with Gasteiger partial charge in [0.2, 0.25) is 15.9 Å². The van der Waals surface area contributed by atoms with Crippen molar-refractivity contribution in [2.75, 3.05) is 27.2 Å². The number of hydrogen-bond acceptors (Lipinski definition) is 5. The molecule has 1 aliphatic heterocycles. The number of sulfonamides is 1. The summed E-state index contributed by atoms with van der Waals surface area (Å²) in [7, 11) is -0.449. The Bertz CT molecular complexity index is 1010. The lowest BCUT2D eigenvalue weighted by molar-refractivity contribution is -0.142. The van der Waals surface area contributed by atoms with E-state index in [-0.39, 0.29) is 29.4 Å². The maximum absolute atomic E-state index is 12.8. The average Bonchev–Trinajstić information content (AvgIpc) is 2.73. The largest absolute Gasteiger partial charge is 0.497 e. The van der Waals surface area contributed by atoms with E-state index in [9.17, 15) is 13.2 Å². The summed E-state index contributed by atoms with van der Waals surface area (Å²) in [6, 6.07) is 14.0. The van der Waals surface area contributed by atoms with Gasteiger partial charge in [-0.15, -0.1) is 0 Å². The second kappa shape index (κ2) is 9.16. The predicted molar refractivity (Wildman–Crippen MR) is 116 cm³/mol. The number of ether oxygens (including phenoxy) is 1. The molecule has 0 aliphatic carbocycles. The van der Waals surface area contributed by atoms with Crippen molar-refractivity contribution in [2.24, 2.45) is 0 Å². The molecular formula is C22H29N3O4S. The van der Waals surface area contributed by atoms with Crippen LogP contribution in [0.25, 0.3) is 0 Å². The average molecular weight is 432 g/mol. The first kappa shape index (κ1) is 22.3. The van der Waals surface area contributed by atoms with Crippen LogP contribution in [0.2, 0.25) is 0 Å². The van der Waals surface area contributed by atoms with Crippen LogP contribution in [0.1, 0.15) is 18.1 Å². The summed E-state index contributed by atoms with van der Waals surface area (Å²) in [5, 5.41) is 0. The summed E-state index contributed by atoms with van der Waals surface area (Å²) in [5.74, 6) is 0.519. The van der Waals surface area contributed by atoms with Gasteiger partial charge in [0.25, 0.3) is 0 Å². The van der Waals surface area contributed by atoms with E-state index in [1.165, 1.54) is 19.2 Å². The molecule has 162 valence electrons. The Morgan fingerprint density at radius 2 is 1.90 bits per heavy atom.